The average molecular weight is 445 g/mol. The standard InChI is InChI=1S/C16H14Cl2N4O5S/c1-28(26,27)21(15-7-12(17)6-13(18)8-15)10-16(23)20-19-9-11-3-2-4-14(5-11)22(24)25/h2-9H,10H2,1H3,(H,20,23)/b19-9-. The van der Waals surface area contributed by atoms with Gasteiger partial charge in [-0.15, -0.1) is 0 Å². The van der Waals surface area contributed by atoms with Crippen LogP contribution in [0, 0.1) is 10.1 Å². The number of non-ortho nitro benzene ring substituents is 1. The van der Waals surface area contributed by atoms with Gasteiger partial charge in [0, 0.05) is 27.7 Å². The molecule has 1 amide bonds. The van der Waals surface area contributed by atoms with E-state index >= 15 is 0 Å². The molecule has 2 rings (SSSR count). The fraction of sp³-hybridized carbons (Fsp3) is 0.125. The lowest BCUT2D eigenvalue weighted by Gasteiger charge is -2.21. The molecule has 2 aromatic carbocycles. The Morgan fingerprint density at radius 2 is 1.89 bits per heavy atom. The zero-order valence-electron chi connectivity index (χ0n) is 14.4. The van der Waals surface area contributed by atoms with Crippen molar-refractivity contribution in [2.24, 2.45) is 5.10 Å². The topological polar surface area (TPSA) is 122 Å². The van der Waals surface area contributed by atoms with Crippen LogP contribution in [-0.4, -0.2) is 38.3 Å². The molecular weight excluding hydrogens is 431 g/mol. The van der Waals surface area contributed by atoms with Crippen molar-refractivity contribution in [3.05, 3.63) is 68.2 Å². The Hall–Kier alpha value is -2.69. The molecule has 0 aliphatic heterocycles. The number of sulfonamides is 1. The normalized spacial score (nSPS) is 11.4. The third kappa shape index (κ3) is 6.19. The Morgan fingerprint density at radius 3 is 2.46 bits per heavy atom. The Balaban J connectivity index is 2.12. The molecule has 0 aromatic heterocycles. The van der Waals surface area contributed by atoms with Crippen LogP contribution in [0.15, 0.2) is 47.6 Å². The maximum absolute atomic E-state index is 12.1. The third-order valence-electron chi connectivity index (χ3n) is 3.31. The van der Waals surface area contributed by atoms with Gasteiger partial charge in [0.1, 0.15) is 6.54 Å². The van der Waals surface area contributed by atoms with Gasteiger partial charge >= 0.3 is 0 Å². The van der Waals surface area contributed by atoms with Crippen molar-refractivity contribution in [2.75, 3.05) is 17.1 Å². The minimum absolute atomic E-state index is 0.123. The lowest BCUT2D eigenvalue weighted by atomic mass is 10.2. The number of nitro groups is 1. The molecule has 0 spiro atoms. The second kappa shape index (κ2) is 9.00. The first-order valence-corrected chi connectivity index (χ1v) is 10.2. The molecule has 12 heteroatoms. The summed E-state index contributed by atoms with van der Waals surface area (Å²) in [4.78, 5) is 22.3. The first-order chi connectivity index (χ1) is 13.1. The number of hydrazone groups is 1. The van der Waals surface area contributed by atoms with E-state index < -0.39 is 27.4 Å². The van der Waals surface area contributed by atoms with Gasteiger partial charge in [0.25, 0.3) is 11.6 Å². The molecule has 0 heterocycles. The van der Waals surface area contributed by atoms with Gasteiger partial charge in [-0.25, -0.2) is 13.8 Å². The summed E-state index contributed by atoms with van der Waals surface area (Å²) in [6.07, 6.45) is 2.13. The molecule has 148 valence electrons. The van der Waals surface area contributed by atoms with Gasteiger partial charge in [0.05, 0.1) is 23.1 Å². The quantitative estimate of drug-likeness (QED) is 0.399. The van der Waals surface area contributed by atoms with Gasteiger partial charge in [-0.05, 0) is 18.2 Å². The van der Waals surface area contributed by atoms with Crippen molar-refractivity contribution in [3.8, 4) is 0 Å². The molecular formula is C16H14Cl2N4O5S. The molecule has 0 atom stereocenters. The fourth-order valence-corrected chi connectivity index (χ4v) is 3.50. The summed E-state index contributed by atoms with van der Waals surface area (Å²) in [7, 11) is -3.81. The number of nitrogens with zero attached hydrogens (tertiary/aromatic N) is 3. The number of nitrogens with one attached hydrogen (secondary N) is 1. The molecule has 1 N–H and O–H groups in total. The smallest absolute Gasteiger partial charge is 0.270 e. The van der Waals surface area contributed by atoms with Crippen molar-refractivity contribution in [1.29, 1.82) is 0 Å². The van der Waals surface area contributed by atoms with Crippen LogP contribution in [0.25, 0.3) is 0 Å². The van der Waals surface area contributed by atoms with E-state index in [1.165, 1.54) is 42.6 Å². The summed E-state index contributed by atoms with van der Waals surface area (Å²) in [5, 5.41) is 14.8. The van der Waals surface area contributed by atoms with Crippen LogP contribution < -0.4 is 9.73 Å². The predicted molar refractivity (Wildman–Crippen MR) is 107 cm³/mol. The minimum Gasteiger partial charge on any atom is -0.271 e. The van der Waals surface area contributed by atoms with Gasteiger partial charge in [0.2, 0.25) is 10.0 Å². The van der Waals surface area contributed by atoms with E-state index in [1.54, 1.807) is 6.07 Å². The summed E-state index contributed by atoms with van der Waals surface area (Å²) < 4.78 is 24.9. The Morgan fingerprint density at radius 1 is 1.25 bits per heavy atom. The van der Waals surface area contributed by atoms with E-state index in [-0.39, 0.29) is 21.4 Å². The number of hydrogen-bond donors (Lipinski definition) is 1. The third-order valence-corrected chi connectivity index (χ3v) is 4.88. The zero-order chi connectivity index (χ0) is 20.9. The second-order valence-corrected chi connectivity index (χ2v) is 8.32. The molecule has 0 radical (unpaired) electrons. The second-order valence-electron chi connectivity index (χ2n) is 5.54. The minimum atomic E-state index is -3.81. The van der Waals surface area contributed by atoms with E-state index in [0.29, 0.717) is 5.56 Å². The summed E-state index contributed by atoms with van der Waals surface area (Å²) in [6.45, 7) is -0.568. The Kier molecular flexibility index (Phi) is 6.95. The van der Waals surface area contributed by atoms with Crippen molar-refractivity contribution >= 4 is 56.7 Å². The number of anilines is 1. The molecule has 0 fully saturated rings. The summed E-state index contributed by atoms with van der Waals surface area (Å²) >= 11 is 11.8. The molecule has 0 aliphatic carbocycles. The highest BCUT2D eigenvalue weighted by Crippen LogP contribution is 2.26. The lowest BCUT2D eigenvalue weighted by molar-refractivity contribution is -0.384. The number of benzene rings is 2. The van der Waals surface area contributed by atoms with Gasteiger partial charge in [0.15, 0.2) is 0 Å². The molecule has 28 heavy (non-hydrogen) atoms. The molecule has 0 unspecified atom stereocenters. The first kappa shape index (κ1) is 21.6. The van der Waals surface area contributed by atoms with Crippen LogP contribution in [0.1, 0.15) is 5.56 Å². The van der Waals surface area contributed by atoms with Gasteiger partial charge in [-0.3, -0.25) is 19.2 Å². The number of carbonyl (C=O) groups excluding carboxylic acids is 1. The van der Waals surface area contributed by atoms with Crippen LogP contribution in [-0.2, 0) is 14.8 Å². The molecule has 0 bridgehead atoms. The number of rotatable bonds is 7. The zero-order valence-corrected chi connectivity index (χ0v) is 16.7. The van der Waals surface area contributed by atoms with E-state index in [0.717, 1.165) is 10.6 Å². The van der Waals surface area contributed by atoms with E-state index in [1.807, 2.05) is 0 Å². The SMILES string of the molecule is CS(=O)(=O)N(CC(=O)N/N=C\c1cccc([N+](=O)[O-])c1)c1cc(Cl)cc(Cl)c1. The largest absolute Gasteiger partial charge is 0.271 e. The van der Waals surface area contributed by atoms with E-state index in [4.69, 9.17) is 23.2 Å². The maximum Gasteiger partial charge on any atom is 0.270 e. The molecule has 0 saturated heterocycles. The van der Waals surface area contributed by atoms with Crippen molar-refractivity contribution in [1.82, 2.24) is 5.43 Å². The van der Waals surface area contributed by atoms with Crippen molar-refractivity contribution < 1.29 is 18.1 Å². The van der Waals surface area contributed by atoms with Gasteiger partial charge in [-0.2, -0.15) is 5.10 Å². The number of halogens is 2. The number of hydrogen-bond acceptors (Lipinski definition) is 6. The number of carbonyl (C=O) groups is 1. The van der Waals surface area contributed by atoms with Crippen LogP contribution in [0.5, 0.6) is 0 Å². The molecule has 0 aliphatic rings. The number of nitro benzene ring substituents is 1. The van der Waals surface area contributed by atoms with E-state index in [9.17, 15) is 23.3 Å². The first-order valence-electron chi connectivity index (χ1n) is 7.56. The maximum atomic E-state index is 12.1. The van der Waals surface area contributed by atoms with Crippen molar-refractivity contribution in [2.45, 2.75) is 0 Å². The Bertz CT molecular complexity index is 1020. The summed E-state index contributed by atoms with van der Waals surface area (Å²) in [5.41, 5.74) is 2.55. The van der Waals surface area contributed by atoms with Crippen molar-refractivity contribution in [3.63, 3.8) is 0 Å². The highest BCUT2D eigenvalue weighted by atomic mass is 35.5. The van der Waals surface area contributed by atoms with Gasteiger partial charge in [-0.1, -0.05) is 35.3 Å². The van der Waals surface area contributed by atoms with E-state index in [2.05, 4.69) is 10.5 Å². The highest BCUT2D eigenvalue weighted by Gasteiger charge is 2.21. The Labute approximate surface area is 170 Å². The number of amides is 1. The predicted octanol–water partition coefficient (Wildman–Crippen LogP) is 2.82. The van der Waals surface area contributed by atoms with Crippen LogP contribution in [0.3, 0.4) is 0 Å². The highest BCUT2D eigenvalue weighted by molar-refractivity contribution is 7.92. The van der Waals surface area contributed by atoms with Crippen LogP contribution in [0.2, 0.25) is 10.0 Å². The summed E-state index contributed by atoms with van der Waals surface area (Å²) in [6, 6.07) is 9.75. The fourth-order valence-electron chi connectivity index (χ4n) is 2.15. The molecule has 0 saturated carbocycles. The molecule has 2 aromatic rings. The molecule has 9 nitrogen and oxygen atoms in total. The summed E-state index contributed by atoms with van der Waals surface area (Å²) in [5.74, 6) is -0.733. The van der Waals surface area contributed by atoms with Crippen LogP contribution in [0.4, 0.5) is 11.4 Å². The average Bonchev–Trinajstić information content (AvgIpc) is 2.58. The van der Waals surface area contributed by atoms with Gasteiger partial charge < -0.3 is 0 Å². The lowest BCUT2D eigenvalue weighted by Crippen LogP contribution is -2.39. The van der Waals surface area contributed by atoms with Crippen LogP contribution >= 0.6 is 23.2 Å². The monoisotopic (exact) mass is 444 g/mol.